The van der Waals surface area contributed by atoms with Crippen LogP contribution in [-0.4, -0.2) is 33.3 Å². The Kier molecular flexibility index (Phi) is 5.09. The van der Waals surface area contributed by atoms with Gasteiger partial charge in [-0.3, -0.25) is 9.13 Å². The first-order valence-electron chi connectivity index (χ1n) is 9.87. The molecular weight excluding hydrogens is 354 g/mol. The van der Waals surface area contributed by atoms with Gasteiger partial charge < -0.3 is 15.8 Å². The number of ether oxygens (including phenoxy) is 1. The van der Waals surface area contributed by atoms with Crippen LogP contribution in [0.5, 0.6) is 5.75 Å². The van der Waals surface area contributed by atoms with Crippen molar-refractivity contribution in [1.29, 1.82) is 0 Å². The number of piperidine rings is 1. The lowest BCUT2D eigenvalue weighted by Gasteiger charge is -2.24. The summed E-state index contributed by atoms with van der Waals surface area (Å²) in [4.78, 5) is 17.7. The zero-order valence-corrected chi connectivity index (χ0v) is 16.3. The molecule has 7 heteroatoms. The maximum absolute atomic E-state index is 13.5. The summed E-state index contributed by atoms with van der Waals surface area (Å²) in [5.74, 6) is 1.15. The number of benzene rings is 1. The van der Waals surface area contributed by atoms with Crippen molar-refractivity contribution in [1.82, 2.24) is 19.4 Å². The highest BCUT2D eigenvalue weighted by Gasteiger charge is 2.28. The first-order chi connectivity index (χ1) is 13.6. The van der Waals surface area contributed by atoms with Gasteiger partial charge in [-0.05, 0) is 51.4 Å². The summed E-state index contributed by atoms with van der Waals surface area (Å²) in [6.07, 6.45) is 3.47. The molecule has 0 radical (unpaired) electrons. The molecule has 1 aliphatic rings. The summed E-state index contributed by atoms with van der Waals surface area (Å²) in [5, 5.41) is 3.39. The summed E-state index contributed by atoms with van der Waals surface area (Å²) in [6.45, 7) is 5.74. The highest BCUT2D eigenvalue weighted by atomic mass is 16.5. The number of nitrogens with two attached hydrogens (primary N) is 1. The van der Waals surface area contributed by atoms with Crippen molar-refractivity contribution in [3.05, 3.63) is 53.1 Å². The molecule has 1 aromatic carbocycles. The van der Waals surface area contributed by atoms with Crippen LogP contribution in [0.25, 0.3) is 11.0 Å². The van der Waals surface area contributed by atoms with Gasteiger partial charge in [0.1, 0.15) is 23.2 Å². The fraction of sp³-hybridized carbons (Fsp3) is 0.429. The molecule has 28 heavy (non-hydrogen) atoms. The number of rotatable bonds is 5. The molecule has 0 amide bonds. The summed E-state index contributed by atoms with van der Waals surface area (Å²) in [7, 11) is 0. The summed E-state index contributed by atoms with van der Waals surface area (Å²) < 4.78 is 9.72. The van der Waals surface area contributed by atoms with Gasteiger partial charge >= 0.3 is 5.69 Å². The number of pyridine rings is 1. The molecule has 0 aliphatic carbocycles. The summed E-state index contributed by atoms with van der Waals surface area (Å²) in [6, 6.07) is 11.4. The van der Waals surface area contributed by atoms with Gasteiger partial charge in [-0.25, -0.2) is 9.78 Å². The second-order valence-electron chi connectivity index (χ2n) is 7.46. The lowest BCUT2D eigenvalue weighted by Crippen LogP contribution is -2.39. The number of nitrogens with zero attached hydrogens (tertiary/aromatic N) is 3. The number of para-hydroxylation sites is 1. The zero-order chi connectivity index (χ0) is 19.7. The largest absolute Gasteiger partial charge is 0.489 e. The van der Waals surface area contributed by atoms with Gasteiger partial charge in [0, 0.05) is 12.7 Å². The molecule has 1 unspecified atom stereocenters. The monoisotopic (exact) mass is 381 g/mol. The lowest BCUT2D eigenvalue weighted by atomic mass is 10.1. The second-order valence-corrected chi connectivity index (χ2v) is 7.46. The number of nitrogen functional groups attached to an aromatic ring is 1. The third-order valence-electron chi connectivity index (χ3n) is 5.63. The standard InChI is InChI=1S/C21H27N5O2/c1-14(15(2)28-17-8-4-3-5-9-17)25-19-18(10-12-24-20(19)22)26(21(25)27)16-7-6-11-23-13-16/h3-5,8-10,12,14-16,23H,6-7,11,13H2,1-2H3,(H2,22,24)/t14-,15?,16+/m0/s1. The van der Waals surface area contributed by atoms with Crippen molar-refractivity contribution in [3.8, 4) is 5.75 Å². The first kappa shape index (κ1) is 18.6. The van der Waals surface area contributed by atoms with Crippen LogP contribution >= 0.6 is 0 Å². The topological polar surface area (TPSA) is 87.1 Å². The van der Waals surface area contributed by atoms with Gasteiger partial charge in [-0.1, -0.05) is 18.2 Å². The fourth-order valence-electron chi connectivity index (χ4n) is 4.02. The van der Waals surface area contributed by atoms with Gasteiger partial charge in [0.2, 0.25) is 0 Å². The number of aromatic nitrogens is 3. The molecule has 1 saturated heterocycles. The van der Waals surface area contributed by atoms with Crippen LogP contribution in [0.1, 0.15) is 38.8 Å². The van der Waals surface area contributed by atoms with E-state index in [0.717, 1.165) is 37.2 Å². The molecule has 7 nitrogen and oxygen atoms in total. The molecule has 3 aromatic rings. The number of fused-ring (bicyclic) bond motifs is 1. The Hall–Kier alpha value is -2.80. The predicted molar refractivity (Wildman–Crippen MR) is 111 cm³/mol. The minimum atomic E-state index is -0.219. The smallest absolute Gasteiger partial charge is 0.329 e. The van der Waals surface area contributed by atoms with Gasteiger partial charge in [-0.2, -0.15) is 0 Å². The van der Waals surface area contributed by atoms with Crippen molar-refractivity contribution < 1.29 is 4.74 Å². The Morgan fingerprint density at radius 1 is 1.25 bits per heavy atom. The summed E-state index contributed by atoms with van der Waals surface area (Å²) >= 11 is 0. The van der Waals surface area contributed by atoms with E-state index in [-0.39, 0.29) is 23.9 Å². The minimum absolute atomic E-state index is 0.0561. The van der Waals surface area contributed by atoms with E-state index in [1.54, 1.807) is 10.8 Å². The van der Waals surface area contributed by atoms with Crippen molar-refractivity contribution in [2.75, 3.05) is 18.8 Å². The molecule has 3 atom stereocenters. The predicted octanol–water partition coefficient (Wildman–Crippen LogP) is 2.73. The Morgan fingerprint density at radius 3 is 2.75 bits per heavy atom. The van der Waals surface area contributed by atoms with E-state index >= 15 is 0 Å². The normalized spacial score (nSPS) is 19.4. The molecule has 1 fully saturated rings. The third kappa shape index (κ3) is 3.26. The fourth-order valence-corrected chi connectivity index (χ4v) is 4.02. The van der Waals surface area contributed by atoms with Crippen molar-refractivity contribution in [3.63, 3.8) is 0 Å². The highest BCUT2D eigenvalue weighted by molar-refractivity contribution is 5.85. The molecule has 2 aromatic heterocycles. The first-order valence-corrected chi connectivity index (χ1v) is 9.87. The van der Waals surface area contributed by atoms with E-state index in [1.807, 2.05) is 54.8 Å². The molecule has 3 N–H and O–H groups in total. The number of nitrogens with one attached hydrogen (secondary N) is 1. The van der Waals surface area contributed by atoms with E-state index in [1.165, 1.54) is 0 Å². The molecule has 148 valence electrons. The average molecular weight is 381 g/mol. The Balaban J connectivity index is 1.77. The maximum Gasteiger partial charge on any atom is 0.329 e. The Bertz CT molecular complexity index is 1000. The quantitative estimate of drug-likeness (QED) is 0.710. The molecule has 0 spiro atoms. The highest BCUT2D eigenvalue weighted by Crippen LogP contribution is 2.28. The van der Waals surface area contributed by atoms with Crippen LogP contribution in [0.4, 0.5) is 5.82 Å². The molecule has 4 rings (SSSR count). The lowest BCUT2D eigenvalue weighted by molar-refractivity contribution is 0.163. The van der Waals surface area contributed by atoms with Crippen LogP contribution in [0.2, 0.25) is 0 Å². The van der Waals surface area contributed by atoms with Gasteiger partial charge in [0.25, 0.3) is 0 Å². The molecule has 1 aliphatic heterocycles. The van der Waals surface area contributed by atoms with E-state index in [2.05, 4.69) is 10.3 Å². The van der Waals surface area contributed by atoms with E-state index in [9.17, 15) is 4.79 Å². The van der Waals surface area contributed by atoms with Crippen LogP contribution in [0, 0.1) is 0 Å². The van der Waals surface area contributed by atoms with E-state index in [4.69, 9.17) is 10.5 Å². The minimum Gasteiger partial charge on any atom is -0.489 e. The maximum atomic E-state index is 13.5. The van der Waals surface area contributed by atoms with Crippen LogP contribution in [0.3, 0.4) is 0 Å². The van der Waals surface area contributed by atoms with Gasteiger partial charge in [-0.15, -0.1) is 0 Å². The van der Waals surface area contributed by atoms with Crippen molar-refractivity contribution in [2.24, 2.45) is 0 Å². The van der Waals surface area contributed by atoms with Crippen LogP contribution in [-0.2, 0) is 0 Å². The second kappa shape index (κ2) is 7.67. The molecule has 3 heterocycles. The number of hydrogen-bond donors (Lipinski definition) is 2. The molecular formula is C21H27N5O2. The van der Waals surface area contributed by atoms with E-state index in [0.29, 0.717) is 11.3 Å². The number of anilines is 1. The van der Waals surface area contributed by atoms with Gasteiger partial charge in [0.05, 0.1) is 17.6 Å². The summed E-state index contributed by atoms with van der Waals surface area (Å²) in [5.41, 5.74) is 7.69. The molecule has 0 saturated carbocycles. The molecule has 0 bridgehead atoms. The number of imidazole rings is 1. The SMILES string of the molecule is CC(Oc1ccccc1)[C@H](C)n1c(=O)n([C@@H]2CCCNC2)c2ccnc(N)c21. The van der Waals surface area contributed by atoms with Crippen LogP contribution in [0.15, 0.2) is 47.4 Å². The zero-order valence-electron chi connectivity index (χ0n) is 16.3. The van der Waals surface area contributed by atoms with E-state index < -0.39 is 0 Å². The van der Waals surface area contributed by atoms with Crippen molar-refractivity contribution >= 4 is 16.9 Å². The Labute approximate surface area is 164 Å². The van der Waals surface area contributed by atoms with Gasteiger partial charge in [0.15, 0.2) is 0 Å². The number of hydrogen-bond acceptors (Lipinski definition) is 5. The third-order valence-corrected chi connectivity index (χ3v) is 5.63. The van der Waals surface area contributed by atoms with Crippen LogP contribution < -0.4 is 21.5 Å². The Morgan fingerprint density at radius 2 is 2.04 bits per heavy atom. The van der Waals surface area contributed by atoms with Crippen molar-refractivity contribution in [2.45, 2.75) is 44.9 Å². The average Bonchev–Trinajstić information content (AvgIpc) is 3.02.